The van der Waals surface area contributed by atoms with Crippen LogP contribution in [0.1, 0.15) is 31.1 Å². The number of benzene rings is 3. The highest BCUT2D eigenvalue weighted by Gasteiger charge is 2.10. The summed E-state index contributed by atoms with van der Waals surface area (Å²) in [6, 6.07) is 21.8. The van der Waals surface area contributed by atoms with Crippen molar-refractivity contribution in [2.24, 2.45) is 0 Å². The zero-order valence-electron chi connectivity index (χ0n) is 15.1. The first-order valence-corrected chi connectivity index (χ1v) is 8.53. The molecule has 2 amide bonds. The lowest BCUT2D eigenvalue weighted by molar-refractivity contribution is 0.0600. The summed E-state index contributed by atoms with van der Waals surface area (Å²) in [4.78, 5) is 36.0. The van der Waals surface area contributed by atoms with Crippen LogP contribution in [0.2, 0.25) is 0 Å². The SMILES string of the molecule is COC(=O)c1ccc(NC(=O)c2ccc(C(=O)Nc3ccccc3)cc2)cc1. The quantitative estimate of drug-likeness (QED) is 0.662. The van der Waals surface area contributed by atoms with Gasteiger partial charge in [-0.25, -0.2) is 4.79 Å². The van der Waals surface area contributed by atoms with Crippen molar-refractivity contribution in [2.45, 2.75) is 0 Å². The molecule has 0 radical (unpaired) electrons. The molecule has 0 fully saturated rings. The fourth-order valence-corrected chi connectivity index (χ4v) is 2.51. The fourth-order valence-electron chi connectivity index (χ4n) is 2.51. The first kappa shape index (κ1) is 18.8. The Morgan fingerprint density at radius 2 is 1.04 bits per heavy atom. The average Bonchev–Trinajstić information content (AvgIpc) is 2.74. The number of carbonyl (C=O) groups excluding carboxylic acids is 3. The molecule has 140 valence electrons. The molecule has 0 atom stereocenters. The van der Waals surface area contributed by atoms with Gasteiger partial charge in [0.05, 0.1) is 12.7 Å². The summed E-state index contributed by atoms with van der Waals surface area (Å²) in [6.45, 7) is 0. The van der Waals surface area contributed by atoms with Crippen molar-refractivity contribution in [1.82, 2.24) is 0 Å². The smallest absolute Gasteiger partial charge is 0.337 e. The topological polar surface area (TPSA) is 84.5 Å². The van der Waals surface area contributed by atoms with E-state index in [2.05, 4.69) is 15.4 Å². The summed E-state index contributed by atoms with van der Waals surface area (Å²) in [7, 11) is 1.31. The summed E-state index contributed by atoms with van der Waals surface area (Å²) in [5, 5.41) is 5.53. The van der Waals surface area contributed by atoms with Crippen LogP contribution in [0.5, 0.6) is 0 Å². The van der Waals surface area contributed by atoms with Crippen molar-refractivity contribution >= 4 is 29.2 Å². The number of methoxy groups -OCH3 is 1. The lowest BCUT2D eigenvalue weighted by atomic mass is 10.1. The van der Waals surface area contributed by atoms with Crippen LogP contribution < -0.4 is 10.6 Å². The zero-order chi connectivity index (χ0) is 19.9. The molecule has 2 N–H and O–H groups in total. The Morgan fingerprint density at radius 3 is 1.50 bits per heavy atom. The first-order valence-electron chi connectivity index (χ1n) is 8.53. The lowest BCUT2D eigenvalue weighted by Crippen LogP contribution is -2.14. The van der Waals surface area contributed by atoms with Gasteiger partial charge < -0.3 is 15.4 Å². The van der Waals surface area contributed by atoms with Crippen LogP contribution in [0.25, 0.3) is 0 Å². The molecule has 28 heavy (non-hydrogen) atoms. The van der Waals surface area contributed by atoms with Crippen LogP contribution in [-0.2, 0) is 4.74 Å². The highest BCUT2D eigenvalue weighted by Crippen LogP contribution is 2.14. The standard InChI is InChI=1S/C22H18N2O4/c1-28-22(27)17-11-13-19(14-12-17)24-21(26)16-9-7-15(8-10-16)20(25)23-18-5-3-2-4-6-18/h2-14H,1H3,(H,23,25)(H,24,26). The Hall–Kier alpha value is -3.93. The van der Waals surface area contributed by atoms with Gasteiger partial charge in [0.2, 0.25) is 0 Å². The first-order chi connectivity index (χ1) is 13.6. The maximum Gasteiger partial charge on any atom is 0.337 e. The van der Waals surface area contributed by atoms with Crippen LogP contribution in [0.3, 0.4) is 0 Å². The largest absolute Gasteiger partial charge is 0.465 e. The van der Waals surface area contributed by atoms with Crippen LogP contribution in [0.4, 0.5) is 11.4 Å². The molecule has 0 bridgehead atoms. The van der Waals surface area contributed by atoms with E-state index in [4.69, 9.17) is 0 Å². The minimum Gasteiger partial charge on any atom is -0.465 e. The normalized spacial score (nSPS) is 10.0. The Bertz CT molecular complexity index is 981. The van der Waals surface area contributed by atoms with Gasteiger partial charge >= 0.3 is 5.97 Å². The van der Waals surface area contributed by atoms with Gasteiger partial charge in [-0.1, -0.05) is 18.2 Å². The molecule has 3 aromatic rings. The molecule has 0 aliphatic heterocycles. The number of hydrogen-bond donors (Lipinski definition) is 2. The third-order valence-electron chi connectivity index (χ3n) is 4.00. The van der Waals surface area contributed by atoms with Crippen LogP contribution in [-0.4, -0.2) is 24.9 Å². The maximum absolute atomic E-state index is 12.4. The second kappa shape index (κ2) is 8.64. The summed E-state index contributed by atoms with van der Waals surface area (Å²) in [5.41, 5.74) is 2.50. The minimum atomic E-state index is -0.442. The van der Waals surface area contributed by atoms with E-state index in [1.54, 1.807) is 60.7 Å². The van der Waals surface area contributed by atoms with Gasteiger partial charge in [-0.3, -0.25) is 9.59 Å². The summed E-state index contributed by atoms with van der Waals surface area (Å²) < 4.78 is 4.64. The van der Waals surface area contributed by atoms with Crippen molar-refractivity contribution in [1.29, 1.82) is 0 Å². The number of carbonyl (C=O) groups is 3. The second-order valence-electron chi connectivity index (χ2n) is 5.92. The minimum absolute atomic E-state index is 0.253. The van der Waals surface area contributed by atoms with Gasteiger partial charge in [0.1, 0.15) is 0 Å². The van der Waals surface area contributed by atoms with Gasteiger partial charge in [0.25, 0.3) is 11.8 Å². The fraction of sp³-hybridized carbons (Fsp3) is 0.0455. The number of hydrogen-bond acceptors (Lipinski definition) is 4. The van der Waals surface area contributed by atoms with E-state index in [1.807, 2.05) is 18.2 Å². The van der Waals surface area contributed by atoms with Crippen molar-refractivity contribution in [3.05, 3.63) is 95.6 Å². The number of ether oxygens (including phenoxy) is 1. The second-order valence-corrected chi connectivity index (χ2v) is 5.92. The van der Waals surface area contributed by atoms with E-state index >= 15 is 0 Å². The summed E-state index contributed by atoms with van der Waals surface area (Å²) >= 11 is 0. The molecule has 0 aromatic heterocycles. The molecule has 0 aliphatic rings. The van der Waals surface area contributed by atoms with Crippen molar-refractivity contribution in [3.8, 4) is 0 Å². The number of esters is 1. The highest BCUT2D eigenvalue weighted by atomic mass is 16.5. The summed E-state index contributed by atoms with van der Waals surface area (Å²) in [5.74, 6) is -1.01. The molecule has 3 aromatic carbocycles. The highest BCUT2D eigenvalue weighted by molar-refractivity contribution is 6.07. The molecule has 0 saturated carbocycles. The molecule has 0 saturated heterocycles. The van der Waals surface area contributed by atoms with Crippen LogP contribution in [0, 0.1) is 0 Å². The van der Waals surface area contributed by atoms with Gasteiger partial charge in [0, 0.05) is 22.5 Å². The Balaban J connectivity index is 1.63. The van der Waals surface area contributed by atoms with E-state index in [0.717, 1.165) is 0 Å². The van der Waals surface area contributed by atoms with E-state index < -0.39 is 5.97 Å². The molecular weight excluding hydrogens is 356 g/mol. The molecule has 0 unspecified atom stereocenters. The zero-order valence-corrected chi connectivity index (χ0v) is 15.1. The summed E-state index contributed by atoms with van der Waals surface area (Å²) in [6.07, 6.45) is 0. The number of nitrogens with one attached hydrogen (secondary N) is 2. The monoisotopic (exact) mass is 374 g/mol. The number of anilines is 2. The average molecular weight is 374 g/mol. The van der Waals surface area contributed by atoms with Crippen LogP contribution >= 0.6 is 0 Å². The Morgan fingerprint density at radius 1 is 0.607 bits per heavy atom. The number of rotatable bonds is 5. The molecule has 0 aliphatic carbocycles. The van der Waals surface area contributed by atoms with E-state index in [0.29, 0.717) is 28.1 Å². The molecule has 6 nitrogen and oxygen atoms in total. The third kappa shape index (κ3) is 4.62. The van der Waals surface area contributed by atoms with Crippen molar-refractivity contribution in [2.75, 3.05) is 17.7 Å². The molecular formula is C22H18N2O4. The van der Waals surface area contributed by atoms with Crippen molar-refractivity contribution < 1.29 is 19.1 Å². The van der Waals surface area contributed by atoms with Gasteiger partial charge in [-0.15, -0.1) is 0 Å². The van der Waals surface area contributed by atoms with Gasteiger partial charge in [-0.05, 0) is 60.7 Å². The molecule has 3 rings (SSSR count). The lowest BCUT2D eigenvalue weighted by Gasteiger charge is -2.08. The predicted octanol–water partition coefficient (Wildman–Crippen LogP) is 3.98. The van der Waals surface area contributed by atoms with E-state index in [9.17, 15) is 14.4 Å². The van der Waals surface area contributed by atoms with Gasteiger partial charge in [0.15, 0.2) is 0 Å². The molecule has 0 spiro atoms. The number of amides is 2. The predicted molar refractivity (Wildman–Crippen MR) is 107 cm³/mol. The van der Waals surface area contributed by atoms with Crippen LogP contribution in [0.15, 0.2) is 78.9 Å². The number of para-hydroxylation sites is 1. The Labute approximate surface area is 162 Å². The van der Waals surface area contributed by atoms with E-state index in [-0.39, 0.29) is 11.8 Å². The van der Waals surface area contributed by atoms with E-state index in [1.165, 1.54) is 7.11 Å². The maximum atomic E-state index is 12.4. The molecule has 6 heteroatoms. The van der Waals surface area contributed by atoms with Crippen molar-refractivity contribution in [3.63, 3.8) is 0 Å². The molecule has 0 heterocycles. The Kier molecular flexibility index (Phi) is 5.81. The third-order valence-corrected chi connectivity index (χ3v) is 4.00. The van der Waals surface area contributed by atoms with Gasteiger partial charge in [-0.2, -0.15) is 0 Å².